The summed E-state index contributed by atoms with van der Waals surface area (Å²) in [6.45, 7) is 7.10. The van der Waals surface area contributed by atoms with Gasteiger partial charge in [-0.3, -0.25) is 0 Å². The van der Waals surface area contributed by atoms with E-state index < -0.39 is 0 Å². The third kappa shape index (κ3) is 7.94. The Morgan fingerprint density at radius 2 is 1.82 bits per heavy atom. The molecule has 0 aliphatic carbocycles. The highest BCUT2D eigenvalue weighted by atomic mass is 16.5. The maximum absolute atomic E-state index is 5.63. The highest BCUT2D eigenvalue weighted by molar-refractivity contribution is 5.13. The lowest BCUT2D eigenvalue weighted by Gasteiger charge is -2.07. The summed E-state index contributed by atoms with van der Waals surface area (Å²) in [5.41, 5.74) is 1.26. The van der Waals surface area contributed by atoms with Crippen molar-refractivity contribution in [3.05, 3.63) is 35.9 Å². The first-order valence-electron chi connectivity index (χ1n) is 6.64. The summed E-state index contributed by atoms with van der Waals surface area (Å²) in [6.07, 6.45) is 3.65. The van der Waals surface area contributed by atoms with E-state index in [1.165, 1.54) is 18.4 Å². The number of benzene rings is 1. The summed E-state index contributed by atoms with van der Waals surface area (Å²) in [4.78, 5) is 0. The molecule has 17 heavy (non-hydrogen) atoms. The fraction of sp³-hybridized carbons (Fsp3) is 0.600. The summed E-state index contributed by atoms with van der Waals surface area (Å²) in [7, 11) is 0. The van der Waals surface area contributed by atoms with Gasteiger partial charge in [0.25, 0.3) is 0 Å². The van der Waals surface area contributed by atoms with Crippen LogP contribution in [0.15, 0.2) is 30.3 Å². The smallest absolute Gasteiger partial charge is 0.0716 e. The molecule has 0 amide bonds. The van der Waals surface area contributed by atoms with E-state index in [0.29, 0.717) is 6.04 Å². The predicted octanol–water partition coefficient (Wildman–Crippen LogP) is 3.37. The first kappa shape index (κ1) is 14.2. The Morgan fingerprint density at radius 3 is 2.53 bits per heavy atom. The minimum absolute atomic E-state index is 0.601. The van der Waals surface area contributed by atoms with Crippen molar-refractivity contribution in [2.75, 3.05) is 13.2 Å². The van der Waals surface area contributed by atoms with E-state index in [1.54, 1.807) is 0 Å². The van der Waals surface area contributed by atoms with Gasteiger partial charge in [-0.1, -0.05) is 44.2 Å². The molecule has 0 aromatic heterocycles. The van der Waals surface area contributed by atoms with E-state index in [-0.39, 0.29) is 0 Å². The molecule has 0 aliphatic heterocycles. The molecule has 0 saturated carbocycles. The molecule has 0 spiro atoms. The number of hydrogen-bond donors (Lipinski definition) is 1. The van der Waals surface area contributed by atoms with Gasteiger partial charge in [0.15, 0.2) is 0 Å². The maximum atomic E-state index is 5.63. The van der Waals surface area contributed by atoms with E-state index in [9.17, 15) is 0 Å². The fourth-order valence-corrected chi connectivity index (χ4v) is 1.66. The lowest BCUT2D eigenvalue weighted by atomic mass is 10.2. The zero-order valence-corrected chi connectivity index (χ0v) is 11.1. The van der Waals surface area contributed by atoms with Gasteiger partial charge in [-0.25, -0.2) is 0 Å². The Labute approximate surface area is 105 Å². The minimum Gasteiger partial charge on any atom is -0.377 e. The van der Waals surface area contributed by atoms with Crippen LogP contribution in [0.2, 0.25) is 0 Å². The molecule has 0 fully saturated rings. The molecule has 1 rings (SSSR count). The number of nitrogens with one attached hydrogen (secondary N) is 1. The van der Waals surface area contributed by atoms with E-state index in [0.717, 1.165) is 26.2 Å². The van der Waals surface area contributed by atoms with Crippen LogP contribution in [0.3, 0.4) is 0 Å². The van der Waals surface area contributed by atoms with Crippen LogP contribution in [0.4, 0.5) is 0 Å². The van der Waals surface area contributed by atoms with E-state index >= 15 is 0 Å². The minimum atomic E-state index is 0.601. The SMILES string of the molecule is CC(C)NCCCCCOCc1ccccc1. The van der Waals surface area contributed by atoms with Crippen molar-refractivity contribution >= 4 is 0 Å². The Hall–Kier alpha value is -0.860. The molecule has 2 nitrogen and oxygen atoms in total. The lowest BCUT2D eigenvalue weighted by molar-refractivity contribution is 0.117. The highest BCUT2D eigenvalue weighted by Crippen LogP contribution is 2.02. The quantitative estimate of drug-likeness (QED) is 0.663. The van der Waals surface area contributed by atoms with Crippen LogP contribution in [0.25, 0.3) is 0 Å². The van der Waals surface area contributed by atoms with Crippen molar-refractivity contribution in [2.24, 2.45) is 0 Å². The second-order valence-corrected chi connectivity index (χ2v) is 4.71. The van der Waals surface area contributed by atoms with Gasteiger partial charge in [-0.2, -0.15) is 0 Å². The van der Waals surface area contributed by atoms with Crippen LogP contribution in [-0.2, 0) is 11.3 Å². The molecule has 0 bridgehead atoms. The van der Waals surface area contributed by atoms with E-state index in [4.69, 9.17) is 4.74 Å². The molecule has 2 heteroatoms. The summed E-state index contributed by atoms with van der Waals surface area (Å²) >= 11 is 0. The largest absolute Gasteiger partial charge is 0.377 e. The molecule has 0 unspecified atom stereocenters. The molecule has 0 aliphatic rings. The standard InChI is InChI=1S/C15H25NO/c1-14(2)16-11-7-4-8-12-17-13-15-9-5-3-6-10-15/h3,5-6,9-10,14,16H,4,7-8,11-13H2,1-2H3. The van der Waals surface area contributed by atoms with Gasteiger partial charge in [0.2, 0.25) is 0 Å². The van der Waals surface area contributed by atoms with Gasteiger partial charge in [0, 0.05) is 12.6 Å². The van der Waals surface area contributed by atoms with Crippen LogP contribution in [-0.4, -0.2) is 19.2 Å². The molecule has 1 aromatic rings. The summed E-state index contributed by atoms with van der Waals surface area (Å²) in [5.74, 6) is 0. The van der Waals surface area contributed by atoms with Gasteiger partial charge in [-0.15, -0.1) is 0 Å². The van der Waals surface area contributed by atoms with Crippen molar-refractivity contribution in [1.82, 2.24) is 5.32 Å². The summed E-state index contributed by atoms with van der Waals surface area (Å²) < 4.78 is 5.63. The summed E-state index contributed by atoms with van der Waals surface area (Å²) in [6, 6.07) is 10.9. The van der Waals surface area contributed by atoms with Crippen molar-refractivity contribution in [2.45, 2.75) is 45.8 Å². The van der Waals surface area contributed by atoms with Gasteiger partial charge < -0.3 is 10.1 Å². The lowest BCUT2D eigenvalue weighted by Crippen LogP contribution is -2.23. The fourth-order valence-electron chi connectivity index (χ4n) is 1.66. The molecule has 0 atom stereocenters. The predicted molar refractivity (Wildman–Crippen MR) is 73.1 cm³/mol. The topological polar surface area (TPSA) is 21.3 Å². The Kier molecular flexibility index (Phi) is 7.69. The molecular formula is C15H25NO. The van der Waals surface area contributed by atoms with Crippen LogP contribution in [0, 0.1) is 0 Å². The van der Waals surface area contributed by atoms with Gasteiger partial charge in [0.1, 0.15) is 0 Å². The molecule has 1 N–H and O–H groups in total. The second-order valence-electron chi connectivity index (χ2n) is 4.71. The number of unbranched alkanes of at least 4 members (excludes halogenated alkanes) is 2. The van der Waals surface area contributed by atoms with Crippen molar-refractivity contribution in [3.63, 3.8) is 0 Å². The zero-order valence-electron chi connectivity index (χ0n) is 11.1. The van der Waals surface area contributed by atoms with Crippen molar-refractivity contribution in [1.29, 1.82) is 0 Å². The van der Waals surface area contributed by atoms with Crippen LogP contribution in [0.1, 0.15) is 38.7 Å². The molecule has 0 radical (unpaired) electrons. The first-order chi connectivity index (χ1) is 8.29. The van der Waals surface area contributed by atoms with Gasteiger partial charge in [0.05, 0.1) is 6.61 Å². The summed E-state index contributed by atoms with van der Waals surface area (Å²) in [5, 5.41) is 3.42. The van der Waals surface area contributed by atoms with Gasteiger partial charge >= 0.3 is 0 Å². The molecular weight excluding hydrogens is 210 g/mol. The van der Waals surface area contributed by atoms with Crippen LogP contribution >= 0.6 is 0 Å². The molecule has 1 aromatic carbocycles. The molecule has 96 valence electrons. The number of ether oxygens (including phenoxy) is 1. The van der Waals surface area contributed by atoms with Crippen LogP contribution in [0.5, 0.6) is 0 Å². The first-order valence-corrected chi connectivity index (χ1v) is 6.64. The van der Waals surface area contributed by atoms with Crippen molar-refractivity contribution < 1.29 is 4.74 Å². The van der Waals surface area contributed by atoms with Crippen LogP contribution < -0.4 is 5.32 Å². The molecule has 0 heterocycles. The average Bonchev–Trinajstić information content (AvgIpc) is 2.33. The zero-order chi connectivity index (χ0) is 12.3. The average molecular weight is 235 g/mol. The highest BCUT2D eigenvalue weighted by Gasteiger charge is 1.94. The van der Waals surface area contributed by atoms with E-state index in [2.05, 4.69) is 43.4 Å². The third-order valence-corrected chi connectivity index (χ3v) is 2.63. The Bertz CT molecular complexity index is 272. The number of hydrogen-bond acceptors (Lipinski definition) is 2. The third-order valence-electron chi connectivity index (χ3n) is 2.63. The second kappa shape index (κ2) is 9.20. The van der Waals surface area contributed by atoms with E-state index in [1.807, 2.05) is 6.07 Å². The maximum Gasteiger partial charge on any atom is 0.0716 e. The molecule has 0 saturated heterocycles. The number of rotatable bonds is 9. The Balaban J connectivity index is 1.88. The Morgan fingerprint density at radius 1 is 1.06 bits per heavy atom. The van der Waals surface area contributed by atoms with Crippen molar-refractivity contribution in [3.8, 4) is 0 Å². The van der Waals surface area contributed by atoms with Gasteiger partial charge in [-0.05, 0) is 31.4 Å². The monoisotopic (exact) mass is 235 g/mol. The normalized spacial score (nSPS) is 11.0.